The van der Waals surface area contributed by atoms with Gasteiger partial charge in [-0.1, -0.05) is 68.4 Å². The fraction of sp³-hybridized carbons (Fsp3) is 0.122. The van der Waals surface area contributed by atoms with Gasteiger partial charge in [0.25, 0.3) is 5.70 Å². The number of fused-ring (bicyclic) bond motifs is 3. The number of anilines is 3. The van der Waals surface area contributed by atoms with E-state index in [4.69, 9.17) is 11.0 Å². The molecule has 0 radical (unpaired) electrons. The first kappa shape index (κ1) is 30.0. The molecule has 5 nitrogen and oxygen atoms in total. The van der Waals surface area contributed by atoms with Crippen LogP contribution in [-0.2, 0) is 10.2 Å². The van der Waals surface area contributed by atoms with Gasteiger partial charge in [-0.05, 0) is 113 Å². The number of para-hydroxylation sites is 2. The van der Waals surface area contributed by atoms with Crippen LogP contribution in [0.4, 0.5) is 17.1 Å². The molecule has 0 atom stereocenters. The summed E-state index contributed by atoms with van der Waals surface area (Å²) in [7, 11) is 0. The molecule has 0 bridgehead atoms. The molecule has 0 aliphatic heterocycles. The highest BCUT2D eigenvalue weighted by atomic mass is 32.1. The van der Waals surface area contributed by atoms with Crippen LogP contribution in [0.3, 0.4) is 0 Å². The second-order valence-electron chi connectivity index (χ2n) is 11.6. The number of furan rings is 1. The highest BCUT2D eigenvalue weighted by Crippen LogP contribution is 2.55. The first-order valence-electron chi connectivity index (χ1n) is 15.7. The fourth-order valence-corrected chi connectivity index (χ4v) is 7.82. The van der Waals surface area contributed by atoms with E-state index in [0.717, 1.165) is 45.2 Å². The smallest absolute Gasteiger partial charge is 0.333 e. The fourth-order valence-electron chi connectivity index (χ4n) is 6.85. The summed E-state index contributed by atoms with van der Waals surface area (Å²) >= 11 is 1.63. The number of carbonyl (C=O) groups is 1. The van der Waals surface area contributed by atoms with Crippen LogP contribution >= 0.6 is 11.3 Å². The van der Waals surface area contributed by atoms with Crippen LogP contribution < -0.4 is 4.90 Å². The van der Waals surface area contributed by atoms with Crippen molar-refractivity contribution < 1.29 is 14.3 Å². The van der Waals surface area contributed by atoms with Gasteiger partial charge in [-0.15, -0.1) is 11.3 Å². The Morgan fingerprint density at radius 2 is 1.40 bits per heavy atom. The average molecular weight is 633 g/mol. The zero-order chi connectivity index (χ0) is 32.5. The maximum Gasteiger partial charge on any atom is 0.333 e. The molecule has 6 aromatic rings. The van der Waals surface area contributed by atoms with Gasteiger partial charge in [0.2, 0.25) is 0 Å². The van der Waals surface area contributed by atoms with E-state index in [1.54, 1.807) is 17.4 Å². The molecule has 230 valence electrons. The Labute approximate surface area is 278 Å². The van der Waals surface area contributed by atoms with Crippen molar-refractivity contribution in [2.75, 3.05) is 4.90 Å². The summed E-state index contributed by atoms with van der Waals surface area (Å²) < 4.78 is 5.90. The van der Waals surface area contributed by atoms with E-state index in [0.29, 0.717) is 11.5 Å². The summed E-state index contributed by atoms with van der Waals surface area (Å²) in [6.07, 6.45) is 3.22. The number of benzene rings is 4. The van der Waals surface area contributed by atoms with Crippen LogP contribution in [0.15, 0.2) is 131 Å². The van der Waals surface area contributed by atoms with Crippen LogP contribution in [0, 0.1) is 6.57 Å². The van der Waals surface area contributed by atoms with Crippen LogP contribution in [-0.4, -0.2) is 11.1 Å². The van der Waals surface area contributed by atoms with E-state index >= 15 is 0 Å². The molecule has 7 rings (SSSR count). The molecule has 0 fully saturated rings. The maximum absolute atomic E-state index is 11.3. The van der Waals surface area contributed by atoms with Crippen LogP contribution in [0.2, 0.25) is 0 Å². The van der Waals surface area contributed by atoms with Crippen molar-refractivity contribution in [2.45, 2.75) is 32.1 Å². The lowest BCUT2D eigenvalue weighted by molar-refractivity contribution is -0.132. The molecular formula is C41H32N2O3S. The van der Waals surface area contributed by atoms with Gasteiger partial charge in [-0.25, -0.2) is 4.85 Å². The van der Waals surface area contributed by atoms with Crippen molar-refractivity contribution in [1.29, 1.82) is 0 Å². The van der Waals surface area contributed by atoms with Gasteiger partial charge in [0.15, 0.2) is 0 Å². The van der Waals surface area contributed by atoms with Gasteiger partial charge < -0.3 is 14.4 Å². The van der Waals surface area contributed by atoms with Gasteiger partial charge in [0, 0.05) is 27.4 Å². The Morgan fingerprint density at radius 3 is 2.02 bits per heavy atom. The molecule has 0 saturated heterocycles. The van der Waals surface area contributed by atoms with E-state index in [1.165, 1.54) is 28.3 Å². The molecule has 1 aliphatic carbocycles. The highest BCUT2D eigenvalue weighted by Gasteiger charge is 2.41. The summed E-state index contributed by atoms with van der Waals surface area (Å²) in [5, 5.41) is 9.19. The van der Waals surface area contributed by atoms with Gasteiger partial charge in [-0.2, -0.15) is 0 Å². The third kappa shape index (κ3) is 5.25. The minimum absolute atomic E-state index is 0.122. The number of hydrogen-bond donors (Lipinski definition) is 1. The zero-order valence-electron chi connectivity index (χ0n) is 26.1. The van der Waals surface area contributed by atoms with Crippen LogP contribution in [0.25, 0.3) is 43.1 Å². The molecule has 1 aliphatic rings. The Bertz CT molecular complexity index is 2130. The summed E-state index contributed by atoms with van der Waals surface area (Å²) in [6, 6.07) is 42.5. The van der Waals surface area contributed by atoms with Gasteiger partial charge in [-0.3, -0.25) is 4.79 Å². The second-order valence-corrected chi connectivity index (χ2v) is 12.7. The van der Waals surface area contributed by atoms with E-state index < -0.39 is 5.97 Å². The van der Waals surface area contributed by atoms with Crippen molar-refractivity contribution in [2.24, 2.45) is 0 Å². The minimum Gasteiger partial charge on any atom is -0.486 e. The maximum atomic E-state index is 11.3. The van der Waals surface area contributed by atoms with Gasteiger partial charge in [0.05, 0.1) is 11.4 Å². The lowest BCUT2D eigenvalue weighted by Gasteiger charge is -2.32. The molecule has 0 saturated carbocycles. The molecule has 0 spiro atoms. The predicted molar refractivity (Wildman–Crippen MR) is 191 cm³/mol. The largest absolute Gasteiger partial charge is 0.486 e. The number of carboxylic acid groups (broad SMARTS) is 1. The molecule has 0 unspecified atom stereocenters. The lowest BCUT2D eigenvalue weighted by atomic mass is 9.73. The third-order valence-corrected chi connectivity index (χ3v) is 10.4. The molecule has 4 aromatic carbocycles. The predicted octanol–water partition coefficient (Wildman–Crippen LogP) is 11.6. The summed E-state index contributed by atoms with van der Waals surface area (Å²) in [5.74, 6) is -0.292. The topological polar surface area (TPSA) is 58.0 Å². The van der Waals surface area contributed by atoms with E-state index in [2.05, 4.69) is 127 Å². The first-order chi connectivity index (χ1) is 23.0. The van der Waals surface area contributed by atoms with Gasteiger partial charge in [0.1, 0.15) is 11.5 Å². The first-order valence-corrected chi connectivity index (χ1v) is 16.5. The Morgan fingerprint density at radius 1 is 0.787 bits per heavy atom. The van der Waals surface area contributed by atoms with E-state index in [9.17, 15) is 9.90 Å². The zero-order valence-corrected chi connectivity index (χ0v) is 26.9. The van der Waals surface area contributed by atoms with Gasteiger partial charge >= 0.3 is 5.97 Å². The van der Waals surface area contributed by atoms with Crippen molar-refractivity contribution >= 4 is 40.4 Å². The lowest BCUT2D eigenvalue weighted by Crippen LogP contribution is -2.23. The summed E-state index contributed by atoms with van der Waals surface area (Å²) in [6.45, 7) is 11.7. The van der Waals surface area contributed by atoms with E-state index in [-0.39, 0.29) is 11.1 Å². The SMILES string of the molecule is [C-]#[N+]C(=Cc1ccc(-c2ccc(-c3ccc4c(c3)C(CC)(CC)c3cc(N(c5ccccc5)c5ccccc5)ccc3-4)s2)o1)C(=O)O. The molecule has 6 heteroatoms. The summed E-state index contributed by atoms with van der Waals surface area (Å²) in [5.41, 5.74) is 9.35. The van der Waals surface area contributed by atoms with Crippen LogP contribution in [0.1, 0.15) is 43.6 Å². The number of aliphatic carboxylic acids is 1. The van der Waals surface area contributed by atoms with E-state index in [1.807, 2.05) is 12.1 Å². The van der Waals surface area contributed by atoms with Crippen molar-refractivity contribution in [3.8, 4) is 32.2 Å². The number of rotatable bonds is 9. The Hall–Kier alpha value is -5.64. The monoisotopic (exact) mass is 632 g/mol. The third-order valence-electron chi connectivity index (χ3n) is 9.22. The number of carboxylic acids is 1. The highest BCUT2D eigenvalue weighted by molar-refractivity contribution is 7.18. The Balaban J connectivity index is 1.26. The molecule has 2 heterocycles. The Kier molecular flexibility index (Phi) is 7.85. The van der Waals surface area contributed by atoms with Crippen molar-refractivity contribution in [1.82, 2.24) is 0 Å². The molecule has 0 amide bonds. The second kappa shape index (κ2) is 12.3. The van der Waals surface area contributed by atoms with Crippen LogP contribution in [0.5, 0.6) is 0 Å². The number of nitrogens with zero attached hydrogens (tertiary/aromatic N) is 2. The minimum atomic E-state index is -1.27. The number of hydrogen-bond acceptors (Lipinski definition) is 4. The summed E-state index contributed by atoms with van der Waals surface area (Å²) in [4.78, 5) is 18.7. The molecule has 47 heavy (non-hydrogen) atoms. The number of thiophene rings is 1. The molecule has 2 aromatic heterocycles. The average Bonchev–Trinajstić information content (AvgIpc) is 3.85. The van der Waals surface area contributed by atoms with Crippen molar-refractivity contribution in [3.05, 3.63) is 155 Å². The standard InChI is InChI=1S/C41H32N2O3S/c1-4-41(5-2)34-24-27(38-22-23-39(47-38)37-21-18-31(46-37)26-36(42-3)40(44)45)16-19-32(34)33-20-17-30(25-35(33)41)43(28-12-8-6-9-13-28)29-14-10-7-11-15-29/h6-26H,4-5H2,1-2H3,(H,44,45). The quantitative estimate of drug-likeness (QED) is 0.127. The van der Waals surface area contributed by atoms with Crippen molar-refractivity contribution in [3.63, 3.8) is 0 Å². The molecule has 1 N–H and O–H groups in total. The normalized spacial score (nSPS) is 13.1. The molecular weight excluding hydrogens is 601 g/mol.